The van der Waals surface area contributed by atoms with Gasteiger partial charge < -0.3 is 40.0 Å². The first-order chi connectivity index (χ1) is 21.4. The van der Waals surface area contributed by atoms with Crippen LogP contribution >= 0.6 is 27.0 Å². The van der Waals surface area contributed by atoms with Crippen LogP contribution in [0.3, 0.4) is 0 Å². The number of alkyl halides is 1. The number of hydrogen-bond donors (Lipinski definition) is 5. The molecule has 0 aromatic carbocycles. The van der Waals surface area contributed by atoms with Crippen molar-refractivity contribution in [1.82, 2.24) is 33.9 Å². The molecule has 7 heterocycles. The van der Waals surface area contributed by atoms with Gasteiger partial charge in [-0.3, -0.25) is 28.0 Å². The van der Waals surface area contributed by atoms with E-state index in [0.29, 0.717) is 0 Å². The Bertz CT molecular complexity index is 1940. The van der Waals surface area contributed by atoms with E-state index in [-0.39, 0.29) is 38.8 Å². The summed E-state index contributed by atoms with van der Waals surface area (Å²) in [5.41, 5.74) is 9.17. The highest BCUT2D eigenvalue weighted by Crippen LogP contribution is 2.59. The normalized spacial score (nSPS) is 37.4. The van der Waals surface area contributed by atoms with Crippen molar-refractivity contribution in [3.63, 3.8) is 0 Å². The number of hydrogen-bond acceptors (Lipinski definition) is 17. The van der Waals surface area contributed by atoms with E-state index in [0.717, 1.165) is 22.4 Å². The summed E-state index contributed by atoms with van der Waals surface area (Å²) < 4.78 is 81.9. The number of anilines is 2. The number of methoxy groups -OCH3 is 1. The molecule has 0 radical (unpaired) electrons. The van der Waals surface area contributed by atoms with Crippen LogP contribution in [0.1, 0.15) is 17.2 Å². The molecular formula is C21H24FN9O11P2S. The highest BCUT2D eigenvalue weighted by Gasteiger charge is 2.58. The van der Waals surface area contributed by atoms with Gasteiger partial charge in [-0.25, -0.2) is 28.9 Å². The highest BCUT2D eigenvalue weighted by atomic mass is 32.1. The smallest absolute Gasteiger partial charge is 0.382 e. The van der Waals surface area contributed by atoms with Crippen molar-refractivity contribution < 1.29 is 51.1 Å². The van der Waals surface area contributed by atoms with E-state index in [1.165, 1.54) is 13.4 Å². The zero-order valence-electron chi connectivity index (χ0n) is 22.8. The van der Waals surface area contributed by atoms with E-state index in [9.17, 15) is 23.7 Å². The number of phosphoric ester groups is 1. The summed E-state index contributed by atoms with van der Waals surface area (Å²) in [4.78, 5) is 52.8. The molecule has 2 unspecified atom stereocenters. The van der Waals surface area contributed by atoms with E-state index < -0.39 is 82.8 Å². The SMILES string of the molecule is CO[C@H]1[C@H]2OP(=O)(O)OC[C@H]3O[C@@H](n4cnc5c(N)ncnc54)[C@H](F)[C@@H]3P(=O)(O)OC[C@H]1O[C@H]2c1snc2c(=O)[nH]c(N)nc12. The Morgan fingerprint density at radius 2 is 1.89 bits per heavy atom. The fraction of sp³-hybridized carbons (Fsp3) is 0.524. The summed E-state index contributed by atoms with van der Waals surface area (Å²) in [5, 5.41) is 0. The predicted octanol–water partition coefficient (Wildman–Crippen LogP) is 0.161. The van der Waals surface area contributed by atoms with Gasteiger partial charge in [0.2, 0.25) is 5.95 Å². The number of rotatable bonds is 3. The molecular weight excluding hydrogens is 667 g/mol. The van der Waals surface area contributed by atoms with Gasteiger partial charge in [-0.15, -0.1) is 0 Å². The second kappa shape index (κ2) is 11.1. The molecule has 0 spiro atoms. The van der Waals surface area contributed by atoms with Crippen molar-refractivity contribution >= 4 is 60.9 Å². The second-order valence-corrected chi connectivity index (χ2v) is 14.5. The molecule has 3 aliphatic heterocycles. The first-order valence-electron chi connectivity index (χ1n) is 13.1. The van der Waals surface area contributed by atoms with E-state index in [4.69, 9.17) is 39.2 Å². The molecule has 3 fully saturated rings. The lowest BCUT2D eigenvalue weighted by molar-refractivity contribution is -0.0470. The average molecular weight is 691 g/mol. The Morgan fingerprint density at radius 1 is 1.11 bits per heavy atom. The molecule has 4 aromatic rings. The van der Waals surface area contributed by atoms with Gasteiger partial charge in [-0.2, -0.15) is 4.37 Å². The Balaban J connectivity index is 1.24. The maximum absolute atomic E-state index is 16.1. The van der Waals surface area contributed by atoms with Gasteiger partial charge >= 0.3 is 15.4 Å². The van der Waals surface area contributed by atoms with Crippen LogP contribution in [-0.2, 0) is 36.9 Å². The molecule has 242 valence electrons. The topological polar surface area (TPSA) is 284 Å². The zero-order valence-corrected chi connectivity index (χ0v) is 25.4. The van der Waals surface area contributed by atoms with Crippen molar-refractivity contribution in [2.45, 2.75) is 48.6 Å². The number of nitrogens with two attached hydrogens (primary N) is 2. The van der Waals surface area contributed by atoms with Gasteiger partial charge in [0, 0.05) is 7.11 Å². The molecule has 3 saturated heterocycles. The molecule has 0 aliphatic carbocycles. The molecule has 45 heavy (non-hydrogen) atoms. The second-order valence-electron chi connectivity index (χ2n) is 10.3. The number of nitrogens with one attached hydrogen (secondary N) is 1. The van der Waals surface area contributed by atoms with Gasteiger partial charge in [-0.1, -0.05) is 0 Å². The Kier molecular flexibility index (Phi) is 7.53. The van der Waals surface area contributed by atoms with Crippen molar-refractivity contribution in [2.75, 3.05) is 31.8 Å². The lowest BCUT2D eigenvalue weighted by Gasteiger charge is -2.29. The molecule has 0 amide bonds. The fourth-order valence-electron chi connectivity index (χ4n) is 5.67. The number of halogens is 1. The van der Waals surface area contributed by atoms with Gasteiger partial charge in [0.15, 0.2) is 29.4 Å². The molecule has 4 aromatic heterocycles. The molecule has 0 saturated carbocycles. The van der Waals surface area contributed by atoms with Gasteiger partial charge in [-0.05, 0) is 11.5 Å². The molecule has 7 rings (SSSR count). The molecule has 24 heteroatoms. The number of ether oxygens (including phenoxy) is 3. The van der Waals surface area contributed by atoms with Crippen LogP contribution in [0.2, 0.25) is 0 Å². The van der Waals surface area contributed by atoms with Crippen LogP contribution in [-0.4, -0.2) is 100 Å². The zero-order chi connectivity index (χ0) is 31.8. The number of aromatic nitrogens is 7. The summed E-state index contributed by atoms with van der Waals surface area (Å²) >= 11 is 0.791. The molecule has 7 N–H and O–H groups in total. The van der Waals surface area contributed by atoms with Crippen LogP contribution in [0.5, 0.6) is 0 Å². The van der Waals surface area contributed by atoms with Crippen LogP contribution in [0.4, 0.5) is 16.2 Å². The van der Waals surface area contributed by atoms with Gasteiger partial charge in [0.25, 0.3) is 5.56 Å². The predicted molar refractivity (Wildman–Crippen MR) is 150 cm³/mol. The summed E-state index contributed by atoms with van der Waals surface area (Å²) in [7, 11) is -8.76. The van der Waals surface area contributed by atoms with E-state index in [2.05, 4.69) is 29.3 Å². The molecule has 10 atom stereocenters. The van der Waals surface area contributed by atoms with Gasteiger partial charge in [0.05, 0.1) is 24.4 Å². The standard InChI is InChI=1S/C21H24FN9O11P2S/c1-37-12-6-2-38-43(33,34)15-7(41-20(8(15)22)31-5-27-11-17(23)25-4-26-18(11)31)3-39-44(35,36)42-13(12)14(40-6)16-9-10(30-45-16)19(32)29-21(24)28-9/h4-8,12-15,20H,2-3H2,1H3,(H,33,34)(H,35,36)(H2,23,25,26)(H3,24,28,29,32)/t6-,7-,8-,12-,13-,14-,15-,20-/m1/s1. The maximum atomic E-state index is 16.1. The van der Waals surface area contributed by atoms with Crippen molar-refractivity contribution in [1.29, 1.82) is 0 Å². The number of phosphoric acid groups is 1. The Labute approximate surface area is 254 Å². The lowest BCUT2D eigenvalue weighted by Crippen LogP contribution is -2.39. The molecule has 20 nitrogen and oxygen atoms in total. The molecule has 2 bridgehead atoms. The van der Waals surface area contributed by atoms with E-state index in [1.54, 1.807) is 0 Å². The monoisotopic (exact) mass is 691 g/mol. The summed E-state index contributed by atoms with van der Waals surface area (Å²) in [6, 6.07) is 0. The number of H-pyrrole nitrogens is 1. The third-order valence-corrected chi connectivity index (χ3v) is 11.4. The minimum Gasteiger partial charge on any atom is -0.382 e. The molecule has 3 aliphatic rings. The first kappa shape index (κ1) is 30.6. The van der Waals surface area contributed by atoms with Crippen LogP contribution in [0.15, 0.2) is 17.4 Å². The third kappa shape index (κ3) is 5.15. The number of nitrogen functional groups attached to an aromatic ring is 2. The Hall–Kier alpha value is -3.01. The van der Waals surface area contributed by atoms with Gasteiger partial charge in [0.1, 0.15) is 53.5 Å². The summed E-state index contributed by atoms with van der Waals surface area (Å²) in [6.07, 6.45) is -8.18. The quantitative estimate of drug-likeness (QED) is 0.179. The largest absolute Gasteiger partial charge is 0.472 e. The van der Waals surface area contributed by atoms with Crippen LogP contribution < -0.4 is 17.0 Å². The third-order valence-electron chi connectivity index (χ3n) is 7.63. The van der Waals surface area contributed by atoms with E-state index in [1.807, 2.05) is 0 Å². The Morgan fingerprint density at radius 3 is 2.67 bits per heavy atom. The van der Waals surface area contributed by atoms with Crippen LogP contribution in [0, 0.1) is 0 Å². The minimum absolute atomic E-state index is 0.00921. The first-order valence-corrected chi connectivity index (χ1v) is 17.0. The number of aromatic amines is 1. The fourth-order valence-corrected chi connectivity index (χ4v) is 9.10. The van der Waals surface area contributed by atoms with Crippen molar-refractivity contribution in [3.8, 4) is 0 Å². The van der Waals surface area contributed by atoms with Crippen molar-refractivity contribution in [2.24, 2.45) is 0 Å². The average Bonchev–Trinajstić information content (AvgIpc) is 3.74. The summed E-state index contributed by atoms with van der Waals surface area (Å²) in [6.45, 7) is -1.52. The number of fused-ring (bicyclic) bond motifs is 5. The minimum atomic E-state index is -5.05. The number of imidazole rings is 1. The van der Waals surface area contributed by atoms with Crippen molar-refractivity contribution in [3.05, 3.63) is 27.9 Å². The highest BCUT2D eigenvalue weighted by molar-refractivity contribution is 7.53. The van der Waals surface area contributed by atoms with E-state index >= 15 is 4.39 Å². The number of nitrogens with zero attached hydrogens (tertiary/aromatic N) is 6. The maximum Gasteiger partial charge on any atom is 0.472 e. The van der Waals surface area contributed by atoms with Crippen LogP contribution in [0.25, 0.3) is 22.2 Å². The summed E-state index contributed by atoms with van der Waals surface area (Å²) in [5.74, 6) is -0.212. The lowest BCUT2D eigenvalue weighted by atomic mass is 10.1.